The number of benzene rings is 3. The monoisotopic (exact) mass is 394 g/mol. The third-order valence-corrected chi connectivity index (χ3v) is 4.77. The van der Waals surface area contributed by atoms with Crippen LogP contribution in [0.1, 0.15) is 27.0 Å². The molecule has 148 valence electrons. The van der Waals surface area contributed by atoms with Gasteiger partial charge in [-0.05, 0) is 38.1 Å². The van der Waals surface area contributed by atoms with Crippen molar-refractivity contribution in [1.82, 2.24) is 15.2 Å². The van der Waals surface area contributed by atoms with Gasteiger partial charge in [-0.3, -0.25) is 4.79 Å². The summed E-state index contributed by atoms with van der Waals surface area (Å²) in [4.78, 5) is 12.3. The van der Waals surface area contributed by atoms with E-state index in [0.717, 1.165) is 28.1 Å². The fourth-order valence-electron chi connectivity index (χ4n) is 3.06. The largest absolute Gasteiger partial charge is 0.271 e. The predicted molar refractivity (Wildman–Crippen MR) is 120 cm³/mol. The van der Waals surface area contributed by atoms with Crippen LogP contribution in [0.2, 0.25) is 0 Å². The maximum Gasteiger partial charge on any atom is 0.271 e. The van der Waals surface area contributed by atoms with Gasteiger partial charge in [0.05, 0.1) is 11.9 Å². The Morgan fingerprint density at radius 3 is 2.20 bits per heavy atom. The molecule has 4 aromatic rings. The zero-order valence-corrected chi connectivity index (χ0v) is 16.9. The summed E-state index contributed by atoms with van der Waals surface area (Å²) in [6.07, 6.45) is 3.54. The molecule has 0 atom stereocenters. The molecule has 1 heterocycles. The van der Waals surface area contributed by atoms with Crippen LogP contribution in [-0.4, -0.2) is 21.9 Å². The Hall–Kier alpha value is -3.99. The molecule has 0 aliphatic carbocycles. The summed E-state index contributed by atoms with van der Waals surface area (Å²) in [6, 6.07) is 25.4. The minimum Gasteiger partial charge on any atom is -0.267 e. The van der Waals surface area contributed by atoms with Gasteiger partial charge in [0.15, 0.2) is 0 Å². The van der Waals surface area contributed by atoms with Crippen LogP contribution in [0, 0.1) is 13.8 Å². The first-order valence-electron chi connectivity index (χ1n) is 9.72. The number of carbonyl (C=O) groups excluding carboxylic acids is 1. The van der Waals surface area contributed by atoms with Gasteiger partial charge in [-0.25, -0.2) is 10.1 Å². The smallest absolute Gasteiger partial charge is 0.267 e. The second-order valence-corrected chi connectivity index (χ2v) is 7.14. The number of aryl methyl sites for hydroxylation is 2. The van der Waals surface area contributed by atoms with Crippen molar-refractivity contribution in [2.75, 3.05) is 0 Å². The highest BCUT2D eigenvalue weighted by molar-refractivity contribution is 5.95. The summed E-state index contributed by atoms with van der Waals surface area (Å²) in [6.45, 7) is 4.03. The number of nitrogens with one attached hydrogen (secondary N) is 1. The van der Waals surface area contributed by atoms with Crippen molar-refractivity contribution in [2.24, 2.45) is 5.10 Å². The minimum absolute atomic E-state index is 0.251. The van der Waals surface area contributed by atoms with Crippen LogP contribution in [0.5, 0.6) is 0 Å². The standard InChI is InChI=1S/C25H22N4O/c1-18-8-12-20(13-9-18)24-22(17-29(28-24)23-6-4-3-5-7-23)16-26-27-25(30)21-14-10-19(2)11-15-21/h3-17H,1-2H3,(H,27,30). The highest BCUT2D eigenvalue weighted by Gasteiger charge is 2.11. The Labute approximate surface area is 175 Å². The first-order chi connectivity index (χ1) is 14.6. The molecule has 0 unspecified atom stereocenters. The maximum atomic E-state index is 12.3. The predicted octanol–water partition coefficient (Wildman–Crippen LogP) is 4.92. The summed E-state index contributed by atoms with van der Waals surface area (Å²) >= 11 is 0. The van der Waals surface area contributed by atoms with Gasteiger partial charge in [0, 0.05) is 22.9 Å². The van der Waals surface area contributed by atoms with E-state index in [1.54, 1.807) is 18.3 Å². The molecule has 4 rings (SSSR count). The van der Waals surface area contributed by atoms with E-state index in [4.69, 9.17) is 5.10 Å². The van der Waals surface area contributed by atoms with E-state index in [2.05, 4.69) is 29.6 Å². The summed E-state index contributed by atoms with van der Waals surface area (Å²) in [5, 5.41) is 8.93. The number of hydrazone groups is 1. The lowest BCUT2D eigenvalue weighted by Crippen LogP contribution is -2.17. The van der Waals surface area contributed by atoms with Crippen LogP contribution in [0.4, 0.5) is 0 Å². The third-order valence-electron chi connectivity index (χ3n) is 4.77. The van der Waals surface area contributed by atoms with Crippen molar-refractivity contribution in [2.45, 2.75) is 13.8 Å². The molecule has 1 amide bonds. The Kier molecular flexibility index (Phi) is 5.52. The molecule has 1 aromatic heterocycles. The van der Waals surface area contributed by atoms with Crippen molar-refractivity contribution in [3.8, 4) is 16.9 Å². The molecule has 0 saturated carbocycles. The molecular formula is C25H22N4O. The lowest BCUT2D eigenvalue weighted by Gasteiger charge is -2.01. The number of amides is 1. The fraction of sp³-hybridized carbons (Fsp3) is 0.0800. The number of rotatable bonds is 5. The summed E-state index contributed by atoms with van der Waals surface area (Å²) < 4.78 is 1.82. The average molecular weight is 394 g/mol. The first kappa shape index (κ1) is 19.3. The topological polar surface area (TPSA) is 59.3 Å². The van der Waals surface area contributed by atoms with Crippen molar-refractivity contribution >= 4 is 12.1 Å². The van der Waals surface area contributed by atoms with Crippen molar-refractivity contribution in [3.63, 3.8) is 0 Å². The highest BCUT2D eigenvalue weighted by atomic mass is 16.2. The van der Waals surface area contributed by atoms with Crippen LogP contribution in [0.25, 0.3) is 16.9 Å². The van der Waals surface area contributed by atoms with E-state index in [9.17, 15) is 4.79 Å². The van der Waals surface area contributed by atoms with Crippen LogP contribution < -0.4 is 5.43 Å². The molecular weight excluding hydrogens is 372 g/mol. The van der Waals surface area contributed by atoms with Gasteiger partial charge in [-0.2, -0.15) is 10.2 Å². The number of carbonyl (C=O) groups is 1. The van der Waals surface area contributed by atoms with Gasteiger partial charge in [0.1, 0.15) is 5.69 Å². The highest BCUT2D eigenvalue weighted by Crippen LogP contribution is 2.23. The third kappa shape index (κ3) is 4.36. The Bertz CT molecular complexity index is 1170. The van der Waals surface area contributed by atoms with Gasteiger partial charge < -0.3 is 0 Å². The molecule has 0 radical (unpaired) electrons. The number of aromatic nitrogens is 2. The summed E-state index contributed by atoms with van der Waals surface area (Å²) in [7, 11) is 0. The molecule has 5 heteroatoms. The van der Waals surface area contributed by atoms with E-state index in [-0.39, 0.29) is 5.91 Å². The molecule has 0 spiro atoms. The lowest BCUT2D eigenvalue weighted by atomic mass is 10.1. The fourth-order valence-corrected chi connectivity index (χ4v) is 3.06. The van der Waals surface area contributed by atoms with E-state index < -0.39 is 0 Å². The molecule has 3 aromatic carbocycles. The summed E-state index contributed by atoms with van der Waals surface area (Å²) in [5.74, 6) is -0.251. The molecule has 5 nitrogen and oxygen atoms in total. The zero-order chi connectivity index (χ0) is 20.9. The van der Waals surface area contributed by atoms with Crippen LogP contribution in [0.3, 0.4) is 0 Å². The molecule has 0 aliphatic rings. The quantitative estimate of drug-likeness (QED) is 0.386. The summed E-state index contributed by atoms with van der Waals surface area (Å²) in [5.41, 5.74) is 9.00. The Morgan fingerprint density at radius 1 is 0.900 bits per heavy atom. The first-order valence-corrected chi connectivity index (χ1v) is 9.72. The van der Waals surface area contributed by atoms with Crippen LogP contribution in [-0.2, 0) is 0 Å². The minimum atomic E-state index is -0.251. The molecule has 0 saturated heterocycles. The van der Waals surface area contributed by atoms with Gasteiger partial charge in [-0.15, -0.1) is 0 Å². The van der Waals surface area contributed by atoms with Gasteiger partial charge >= 0.3 is 0 Å². The lowest BCUT2D eigenvalue weighted by molar-refractivity contribution is 0.0955. The van der Waals surface area contributed by atoms with Gasteiger partial charge in [0.2, 0.25) is 0 Å². The molecule has 0 aliphatic heterocycles. The number of nitrogens with zero attached hydrogens (tertiary/aromatic N) is 3. The molecule has 0 fully saturated rings. The Morgan fingerprint density at radius 2 is 1.53 bits per heavy atom. The van der Waals surface area contributed by atoms with E-state index in [1.807, 2.05) is 72.4 Å². The molecule has 1 N–H and O–H groups in total. The second kappa shape index (κ2) is 8.57. The average Bonchev–Trinajstić information content (AvgIpc) is 3.19. The zero-order valence-electron chi connectivity index (χ0n) is 16.9. The van der Waals surface area contributed by atoms with Crippen LogP contribution in [0.15, 0.2) is 90.2 Å². The van der Waals surface area contributed by atoms with Crippen molar-refractivity contribution < 1.29 is 4.79 Å². The molecule has 30 heavy (non-hydrogen) atoms. The second-order valence-electron chi connectivity index (χ2n) is 7.14. The van der Waals surface area contributed by atoms with E-state index >= 15 is 0 Å². The number of hydrogen-bond donors (Lipinski definition) is 1. The normalized spacial score (nSPS) is 11.0. The SMILES string of the molecule is Cc1ccc(C(=O)NN=Cc2cn(-c3ccccc3)nc2-c2ccc(C)cc2)cc1. The van der Waals surface area contributed by atoms with E-state index in [0.29, 0.717) is 5.56 Å². The maximum absolute atomic E-state index is 12.3. The number of para-hydroxylation sites is 1. The van der Waals surface area contributed by atoms with Gasteiger partial charge in [-0.1, -0.05) is 65.7 Å². The van der Waals surface area contributed by atoms with Crippen LogP contribution >= 0.6 is 0 Å². The van der Waals surface area contributed by atoms with Gasteiger partial charge in [0.25, 0.3) is 5.91 Å². The van der Waals surface area contributed by atoms with Crippen molar-refractivity contribution in [1.29, 1.82) is 0 Å². The molecule has 0 bridgehead atoms. The van der Waals surface area contributed by atoms with Crippen molar-refractivity contribution in [3.05, 3.63) is 107 Å². The Balaban J connectivity index is 1.63. The van der Waals surface area contributed by atoms with E-state index in [1.165, 1.54) is 5.56 Å². The number of hydrogen-bond acceptors (Lipinski definition) is 3.